The summed E-state index contributed by atoms with van der Waals surface area (Å²) in [6.45, 7) is 2.59. The lowest BCUT2D eigenvalue weighted by Crippen LogP contribution is -2.21. The average molecular weight is 236 g/mol. The fourth-order valence-corrected chi connectivity index (χ4v) is 2.60. The second-order valence-electron chi connectivity index (χ2n) is 4.48. The summed E-state index contributed by atoms with van der Waals surface area (Å²) in [5.74, 6) is 0.340. The lowest BCUT2D eigenvalue weighted by atomic mass is 9.96. The van der Waals surface area contributed by atoms with Gasteiger partial charge in [0.15, 0.2) is 0 Å². The fraction of sp³-hybridized carbons (Fsp3) is 1.00. The highest BCUT2D eigenvalue weighted by atomic mass is 32.2. The van der Waals surface area contributed by atoms with Crippen LogP contribution in [0.25, 0.3) is 0 Å². The Bertz CT molecular complexity index is 286. The van der Waals surface area contributed by atoms with Crippen LogP contribution < -0.4 is 0 Å². The summed E-state index contributed by atoms with van der Waals surface area (Å²) in [5.41, 5.74) is 0. The van der Waals surface area contributed by atoms with Gasteiger partial charge in [-0.15, -0.1) is 0 Å². The predicted octanol–water partition coefficient (Wildman–Crippen LogP) is 0.597. The largest absolute Gasteiger partial charge is 0.393 e. The zero-order chi connectivity index (χ0) is 11.5. The van der Waals surface area contributed by atoms with Crippen molar-refractivity contribution in [1.29, 1.82) is 0 Å². The smallest absolute Gasteiger partial charge is 0.147 e. The van der Waals surface area contributed by atoms with Gasteiger partial charge in [-0.3, -0.25) is 0 Å². The van der Waals surface area contributed by atoms with Crippen molar-refractivity contribution in [3.8, 4) is 0 Å². The molecule has 0 bridgehead atoms. The van der Waals surface area contributed by atoms with E-state index in [2.05, 4.69) is 0 Å². The summed E-state index contributed by atoms with van der Waals surface area (Å²) in [7, 11) is -2.90. The summed E-state index contributed by atoms with van der Waals surface area (Å²) in [6.07, 6.45) is 2.98. The molecule has 1 fully saturated rings. The first kappa shape index (κ1) is 12.9. The molecule has 15 heavy (non-hydrogen) atoms. The minimum atomic E-state index is -2.90. The number of ether oxygens (including phenoxy) is 1. The Kier molecular flexibility index (Phi) is 4.55. The average Bonchev–Trinajstić information content (AvgIpc) is 2.49. The Morgan fingerprint density at radius 1 is 1.53 bits per heavy atom. The Morgan fingerprint density at radius 2 is 2.20 bits per heavy atom. The van der Waals surface area contributed by atoms with E-state index in [4.69, 9.17) is 4.74 Å². The highest BCUT2D eigenvalue weighted by molar-refractivity contribution is 7.90. The van der Waals surface area contributed by atoms with Crippen LogP contribution in [-0.2, 0) is 14.6 Å². The maximum Gasteiger partial charge on any atom is 0.147 e. The lowest BCUT2D eigenvalue weighted by molar-refractivity contribution is 0.0753. The molecule has 1 N–H and O–H groups in total. The van der Waals surface area contributed by atoms with E-state index in [1.54, 1.807) is 0 Å². The molecule has 1 rings (SSSR count). The zero-order valence-electron chi connectivity index (χ0n) is 9.35. The molecule has 1 heterocycles. The third-order valence-electron chi connectivity index (χ3n) is 2.79. The first-order chi connectivity index (χ1) is 6.88. The first-order valence-corrected chi connectivity index (χ1v) is 7.42. The highest BCUT2D eigenvalue weighted by Crippen LogP contribution is 2.24. The molecule has 3 unspecified atom stereocenters. The van der Waals surface area contributed by atoms with Gasteiger partial charge in [-0.25, -0.2) is 8.42 Å². The van der Waals surface area contributed by atoms with Gasteiger partial charge in [-0.1, -0.05) is 0 Å². The van der Waals surface area contributed by atoms with Crippen molar-refractivity contribution in [2.45, 2.75) is 38.4 Å². The van der Waals surface area contributed by atoms with E-state index in [0.29, 0.717) is 19.4 Å². The molecule has 0 spiro atoms. The normalized spacial score (nSPS) is 29.3. The Hall–Kier alpha value is -0.130. The second-order valence-corrected chi connectivity index (χ2v) is 6.74. The molecule has 4 nitrogen and oxygen atoms in total. The molecule has 1 aliphatic heterocycles. The number of rotatable bonds is 5. The first-order valence-electron chi connectivity index (χ1n) is 5.36. The van der Waals surface area contributed by atoms with Crippen LogP contribution in [0.2, 0.25) is 0 Å². The maximum atomic E-state index is 10.9. The number of hydrogen-bond donors (Lipinski definition) is 1. The van der Waals surface area contributed by atoms with Crippen LogP contribution >= 0.6 is 0 Å². The van der Waals surface area contributed by atoms with Crippen molar-refractivity contribution in [1.82, 2.24) is 0 Å². The minimum Gasteiger partial charge on any atom is -0.393 e. The maximum absolute atomic E-state index is 10.9. The summed E-state index contributed by atoms with van der Waals surface area (Å²) < 4.78 is 27.1. The molecule has 3 atom stereocenters. The van der Waals surface area contributed by atoms with E-state index in [1.807, 2.05) is 6.92 Å². The standard InChI is InChI=1S/C10H20O4S/c1-8-6-9(7-14-8)10(11)4-3-5-15(2,12)13/h8-11H,3-7H2,1-2H3. The Labute approximate surface area is 91.6 Å². The SMILES string of the molecule is CC1CC(C(O)CCCS(C)(=O)=O)CO1. The summed E-state index contributed by atoms with van der Waals surface area (Å²) in [6, 6.07) is 0. The fourth-order valence-electron chi connectivity index (χ4n) is 1.91. The van der Waals surface area contributed by atoms with Gasteiger partial charge in [0, 0.05) is 17.9 Å². The van der Waals surface area contributed by atoms with E-state index in [0.717, 1.165) is 6.42 Å². The van der Waals surface area contributed by atoms with Gasteiger partial charge in [-0.05, 0) is 26.2 Å². The lowest BCUT2D eigenvalue weighted by Gasteiger charge is -2.15. The molecular weight excluding hydrogens is 216 g/mol. The second kappa shape index (κ2) is 5.27. The van der Waals surface area contributed by atoms with Gasteiger partial charge < -0.3 is 9.84 Å². The van der Waals surface area contributed by atoms with Crippen LogP contribution in [-0.4, -0.2) is 44.3 Å². The van der Waals surface area contributed by atoms with Crippen molar-refractivity contribution in [3.05, 3.63) is 0 Å². The topological polar surface area (TPSA) is 63.6 Å². The quantitative estimate of drug-likeness (QED) is 0.759. The van der Waals surface area contributed by atoms with E-state index in [9.17, 15) is 13.5 Å². The molecule has 1 aliphatic rings. The van der Waals surface area contributed by atoms with E-state index in [1.165, 1.54) is 6.26 Å². The molecule has 0 aromatic heterocycles. The van der Waals surface area contributed by atoms with Gasteiger partial charge >= 0.3 is 0 Å². The molecule has 1 saturated heterocycles. The van der Waals surface area contributed by atoms with Crippen LogP contribution in [0.15, 0.2) is 0 Å². The molecule has 0 saturated carbocycles. The third kappa shape index (κ3) is 4.95. The number of aliphatic hydroxyl groups excluding tert-OH is 1. The third-order valence-corrected chi connectivity index (χ3v) is 3.82. The molecule has 0 amide bonds. The van der Waals surface area contributed by atoms with E-state index >= 15 is 0 Å². The minimum absolute atomic E-state index is 0.160. The van der Waals surface area contributed by atoms with Gasteiger partial charge in [0.25, 0.3) is 0 Å². The van der Waals surface area contributed by atoms with Gasteiger partial charge in [-0.2, -0.15) is 0 Å². The van der Waals surface area contributed by atoms with E-state index in [-0.39, 0.29) is 17.8 Å². The Morgan fingerprint density at radius 3 is 2.67 bits per heavy atom. The predicted molar refractivity (Wildman–Crippen MR) is 58.5 cm³/mol. The molecule has 0 radical (unpaired) electrons. The van der Waals surface area contributed by atoms with Crippen molar-refractivity contribution in [3.63, 3.8) is 0 Å². The van der Waals surface area contributed by atoms with Crippen molar-refractivity contribution in [2.75, 3.05) is 18.6 Å². The highest BCUT2D eigenvalue weighted by Gasteiger charge is 2.27. The van der Waals surface area contributed by atoms with Crippen LogP contribution in [0, 0.1) is 5.92 Å². The van der Waals surface area contributed by atoms with Crippen molar-refractivity contribution >= 4 is 9.84 Å². The molecule has 5 heteroatoms. The molecule has 0 aliphatic carbocycles. The number of sulfone groups is 1. The van der Waals surface area contributed by atoms with Gasteiger partial charge in [0.2, 0.25) is 0 Å². The van der Waals surface area contributed by atoms with Crippen molar-refractivity contribution < 1.29 is 18.3 Å². The van der Waals surface area contributed by atoms with Crippen LogP contribution in [0.3, 0.4) is 0 Å². The Balaban J connectivity index is 2.22. The summed E-state index contributed by atoms with van der Waals surface area (Å²) >= 11 is 0. The van der Waals surface area contributed by atoms with Crippen LogP contribution in [0.5, 0.6) is 0 Å². The molecule has 0 aromatic carbocycles. The van der Waals surface area contributed by atoms with Crippen molar-refractivity contribution in [2.24, 2.45) is 5.92 Å². The summed E-state index contributed by atoms with van der Waals surface area (Å²) in [5, 5.41) is 9.79. The zero-order valence-corrected chi connectivity index (χ0v) is 10.2. The van der Waals surface area contributed by atoms with Gasteiger partial charge in [0.1, 0.15) is 9.84 Å². The summed E-state index contributed by atoms with van der Waals surface area (Å²) in [4.78, 5) is 0. The number of hydrogen-bond acceptors (Lipinski definition) is 4. The molecule has 0 aromatic rings. The van der Waals surface area contributed by atoms with Gasteiger partial charge in [0.05, 0.1) is 18.8 Å². The molecule has 90 valence electrons. The van der Waals surface area contributed by atoms with E-state index < -0.39 is 15.9 Å². The molecular formula is C10H20O4S. The van der Waals surface area contributed by atoms with Crippen LogP contribution in [0.4, 0.5) is 0 Å². The monoisotopic (exact) mass is 236 g/mol. The van der Waals surface area contributed by atoms with Crippen LogP contribution in [0.1, 0.15) is 26.2 Å². The number of aliphatic hydroxyl groups is 1.